The summed E-state index contributed by atoms with van der Waals surface area (Å²) in [5.41, 5.74) is 0.177. The number of rotatable bonds is 7. The summed E-state index contributed by atoms with van der Waals surface area (Å²) in [6, 6.07) is 5.65. The number of nitrogens with one attached hydrogen (secondary N) is 2. The fraction of sp³-hybridized carbons (Fsp3) is 0.429. The summed E-state index contributed by atoms with van der Waals surface area (Å²) in [7, 11) is -3.62. The van der Waals surface area contributed by atoms with Gasteiger partial charge in [-0.25, -0.2) is 13.1 Å². The molecule has 1 aromatic carbocycles. The fourth-order valence-electron chi connectivity index (χ4n) is 1.73. The molecule has 8 heteroatoms. The average molecular weight is 326 g/mol. The monoisotopic (exact) mass is 326 g/mol. The van der Waals surface area contributed by atoms with Crippen molar-refractivity contribution in [2.24, 2.45) is 5.92 Å². The molecule has 22 heavy (non-hydrogen) atoms. The summed E-state index contributed by atoms with van der Waals surface area (Å²) in [4.78, 5) is 22.7. The van der Waals surface area contributed by atoms with Crippen LogP contribution in [-0.4, -0.2) is 38.0 Å². The van der Waals surface area contributed by atoms with E-state index in [2.05, 4.69) is 10.0 Å². The molecule has 1 aromatic rings. The number of carbonyl (C=O) groups excluding carboxylic acids is 1. The molecule has 120 valence electrons. The molecule has 0 radical (unpaired) electrons. The van der Waals surface area contributed by atoms with Gasteiger partial charge in [-0.15, -0.1) is 0 Å². The lowest BCUT2D eigenvalue weighted by molar-refractivity contribution is -0.140. The Balaban J connectivity index is 2.07. The van der Waals surface area contributed by atoms with E-state index in [1.54, 1.807) is 0 Å². The van der Waals surface area contributed by atoms with E-state index in [-0.39, 0.29) is 23.0 Å². The molecule has 1 fully saturated rings. The van der Waals surface area contributed by atoms with Gasteiger partial charge in [0.15, 0.2) is 0 Å². The van der Waals surface area contributed by atoms with E-state index < -0.39 is 27.8 Å². The highest BCUT2D eigenvalue weighted by molar-refractivity contribution is 7.89. The van der Waals surface area contributed by atoms with Crippen LogP contribution < -0.4 is 10.0 Å². The van der Waals surface area contributed by atoms with Crippen LogP contribution in [0.3, 0.4) is 0 Å². The van der Waals surface area contributed by atoms with Crippen molar-refractivity contribution in [3.63, 3.8) is 0 Å². The van der Waals surface area contributed by atoms with Gasteiger partial charge in [0.05, 0.1) is 10.8 Å². The standard InChI is InChI=1S/C14H18N2O5S/c1-9(14(18)19)8-15-13(17)10-3-2-4-12(7-10)22(20,21)16-11-5-6-11/h2-4,7,9,11,16H,5-6,8H2,1H3,(H,15,17)(H,18,19). The average Bonchev–Trinajstić information content (AvgIpc) is 3.27. The van der Waals surface area contributed by atoms with E-state index in [4.69, 9.17) is 5.11 Å². The number of hydrogen-bond donors (Lipinski definition) is 3. The molecular formula is C14H18N2O5S. The summed E-state index contributed by atoms with van der Waals surface area (Å²) in [6.07, 6.45) is 1.65. The molecule has 0 saturated heterocycles. The van der Waals surface area contributed by atoms with Crippen molar-refractivity contribution in [3.8, 4) is 0 Å². The molecule has 0 aromatic heterocycles. The first-order valence-corrected chi connectivity index (χ1v) is 8.41. The number of amides is 1. The van der Waals surface area contributed by atoms with Crippen LogP contribution in [-0.2, 0) is 14.8 Å². The molecule has 1 unspecified atom stereocenters. The van der Waals surface area contributed by atoms with Crippen LogP contribution in [0.2, 0.25) is 0 Å². The van der Waals surface area contributed by atoms with Crippen molar-refractivity contribution in [2.45, 2.75) is 30.7 Å². The summed E-state index contributed by atoms with van der Waals surface area (Å²) >= 11 is 0. The van der Waals surface area contributed by atoms with Crippen molar-refractivity contribution < 1.29 is 23.1 Å². The zero-order valence-corrected chi connectivity index (χ0v) is 12.9. The van der Waals surface area contributed by atoms with E-state index in [0.717, 1.165) is 12.8 Å². The predicted octanol–water partition coefficient (Wildman–Crippen LogP) is 0.578. The Morgan fingerprint density at radius 2 is 2.05 bits per heavy atom. The molecule has 1 aliphatic rings. The highest BCUT2D eigenvalue weighted by atomic mass is 32.2. The maximum Gasteiger partial charge on any atom is 0.308 e. The van der Waals surface area contributed by atoms with Gasteiger partial charge >= 0.3 is 5.97 Å². The lowest BCUT2D eigenvalue weighted by Gasteiger charge is -2.10. The number of carboxylic acids is 1. The Morgan fingerprint density at radius 3 is 2.64 bits per heavy atom. The van der Waals surface area contributed by atoms with Gasteiger partial charge in [0.2, 0.25) is 10.0 Å². The highest BCUT2D eigenvalue weighted by Crippen LogP contribution is 2.22. The lowest BCUT2D eigenvalue weighted by atomic mass is 10.1. The normalized spacial score (nSPS) is 16.0. The van der Waals surface area contributed by atoms with Crippen molar-refractivity contribution in [2.75, 3.05) is 6.54 Å². The molecule has 7 nitrogen and oxygen atoms in total. The van der Waals surface area contributed by atoms with Crippen LogP contribution in [0, 0.1) is 5.92 Å². The largest absolute Gasteiger partial charge is 0.481 e. The summed E-state index contributed by atoms with van der Waals surface area (Å²) in [5.74, 6) is -2.23. The van der Waals surface area contributed by atoms with Crippen LogP contribution in [0.25, 0.3) is 0 Å². The third-order valence-electron chi connectivity index (χ3n) is 3.30. The van der Waals surface area contributed by atoms with Gasteiger partial charge < -0.3 is 10.4 Å². The minimum Gasteiger partial charge on any atom is -0.481 e. The van der Waals surface area contributed by atoms with Gasteiger partial charge in [-0.3, -0.25) is 9.59 Å². The highest BCUT2D eigenvalue weighted by Gasteiger charge is 2.28. The molecule has 0 aliphatic heterocycles. The Kier molecular flexibility index (Phi) is 4.82. The van der Waals surface area contributed by atoms with Gasteiger partial charge in [0, 0.05) is 18.2 Å². The second-order valence-corrected chi connectivity index (χ2v) is 7.09. The van der Waals surface area contributed by atoms with Crippen molar-refractivity contribution in [1.29, 1.82) is 0 Å². The third-order valence-corrected chi connectivity index (χ3v) is 4.81. The summed E-state index contributed by atoms with van der Waals surface area (Å²) in [5, 5.41) is 11.2. The molecular weight excluding hydrogens is 308 g/mol. The van der Waals surface area contributed by atoms with E-state index in [9.17, 15) is 18.0 Å². The molecule has 1 saturated carbocycles. The van der Waals surface area contributed by atoms with Crippen LogP contribution in [0.4, 0.5) is 0 Å². The van der Waals surface area contributed by atoms with Crippen molar-refractivity contribution >= 4 is 21.9 Å². The first-order valence-electron chi connectivity index (χ1n) is 6.93. The minimum atomic E-state index is -3.62. The smallest absolute Gasteiger partial charge is 0.308 e. The fourth-order valence-corrected chi connectivity index (χ4v) is 3.08. The van der Waals surface area contributed by atoms with E-state index in [1.807, 2.05) is 0 Å². The van der Waals surface area contributed by atoms with Crippen molar-refractivity contribution in [1.82, 2.24) is 10.0 Å². The Bertz CT molecular complexity index is 682. The summed E-state index contributed by atoms with van der Waals surface area (Å²) in [6.45, 7) is 1.45. The zero-order valence-electron chi connectivity index (χ0n) is 12.1. The molecule has 0 bridgehead atoms. The minimum absolute atomic E-state index is 0.0149. The topological polar surface area (TPSA) is 113 Å². The van der Waals surface area contributed by atoms with Gasteiger partial charge in [-0.05, 0) is 31.0 Å². The maximum absolute atomic E-state index is 12.1. The molecule has 1 amide bonds. The van der Waals surface area contributed by atoms with Crippen LogP contribution in [0.1, 0.15) is 30.1 Å². The van der Waals surface area contributed by atoms with E-state index in [1.165, 1.54) is 31.2 Å². The molecule has 2 rings (SSSR count). The van der Waals surface area contributed by atoms with Gasteiger partial charge in [0.25, 0.3) is 5.91 Å². The molecule has 3 N–H and O–H groups in total. The molecule has 0 spiro atoms. The molecule has 0 heterocycles. The third kappa shape index (κ3) is 4.28. The van der Waals surface area contributed by atoms with Crippen LogP contribution >= 0.6 is 0 Å². The second kappa shape index (κ2) is 6.45. The number of benzene rings is 1. The van der Waals surface area contributed by atoms with Gasteiger partial charge in [-0.2, -0.15) is 0 Å². The number of carbonyl (C=O) groups is 2. The number of hydrogen-bond acceptors (Lipinski definition) is 4. The Morgan fingerprint density at radius 1 is 1.36 bits per heavy atom. The summed E-state index contributed by atoms with van der Waals surface area (Å²) < 4.78 is 26.7. The number of carboxylic acid groups (broad SMARTS) is 1. The number of sulfonamides is 1. The van der Waals surface area contributed by atoms with E-state index >= 15 is 0 Å². The van der Waals surface area contributed by atoms with Crippen molar-refractivity contribution in [3.05, 3.63) is 29.8 Å². The zero-order chi connectivity index (χ0) is 16.3. The number of aliphatic carboxylic acids is 1. The maximum atomic E-state index is 12.1. The SMILES string of the molecule is CC(CNC(=O)c1cccc(S(=O)(=O)NC2CC2)c1)C(=O)O. The lowest BCUT2D eigenvalue weighted by Crippen LogP contribution is -2.31. The molecule has 1 aliphatic carbocycles. The first kappa shape index (κ1) is 16.4. The first-order chi connectivity index (χ1) is 10.3. The quantitative estimate of drug-likeness (QED) is 0.678. The second-order valence-electron chi connectivity index (χ2n) is 5.37. The Labute approximate surface area is 128 Å². The predicted molar refractivity (Wildman–Crippen MR) is 78.9 cm³/mol. The van der Waals surface area contributed by atoms with Crippen LogP contribution in [0.5, 0.6) is 0 Å². The van der Waals surface area contributed by atoms with Crippen LogP contribution in [0.15, 0.2) is 29.2 Å². The van der Waals surface area contributed by atoms with E-state index in [0.29, 0.717) is 0 Å². The van der Waals surface area contributed by atoms with Gasteiger partial charge in [-0.1, -0.05) is 13.0 Å². The Hall–Kier alpha value is -1.93. The molecule has 1 atom stereocenters. The van der Waals surface area contributed by atoms with Gasteiger partial charge in [0.1, 0.15) is 0 Å².